The van der Waals surface area contributed by atoms with Crippen LogP contribution in [0.15, 0.2) is 59.5 Å². The lowest BCUT2D eigenvalue weighted by Gasteiger charge is -2.08. The zero-order valence-electron chi connectivity index (χ0n) is 14.6. The van der Waals surface area contributed by atoms with E-state index in [2.05, 4.69) is 0 Å². The second-order valence-electron chi connectivity index (χ2n) is 6.10. The molecular weight excluding hydrogens is 334 g/mol. The zero-order valence-corrected chi connectivity index (χ0v) is 15.4. The molecule has 0 aliphatic heterocycles. The van der Waals surface area contributed by atoms with Crippen LogP contribution >= 0.6 is 0 Å². The van der Waals surface area contributed by atoms with E-state index in [0.717, 1.165) is 30.4 Å². The summed E-state index contributed by atoms with van der Waals surface area (Å²) in [5, 5.41) is 0. The molecule has 4 nitrogen and oxygen atoms in total. The Balaban J connectivity index is 1.74. The molecule has 136 valence electrons. The molecule has 0 radical (unpaired) electrons. The zero-order chi connectivity index (χ0) is 18.0. The number of ether oxygens (including phenoxy) is 1. The van der Waals surface area contributed by atoms with Crippen molar-refractivity contribution in [1.29, 1.82) is 0 Å². The lowest BCUT2D eigenvalue weighted by molar-refractivity contribution is 0.118. The van der Waals surface area contributed by atoms with Crippen molar-refractivity contribution in [3.05, 3.63) is 65.7 Å². The van der Waals surface area contributed by atoms with Gasteiger partial charge in [0.15, 0.2) is 9.84 Å². The Labute approximate surface area is 150 Å². The van der Waals surface area contributed by atoms with E-state index in [-0.39, 0.29) is 5.75 Å². The Morgan fingerprint density at radius 1 is 0.880 bits per heavy atom. The molecule has 0 spiro atoms. The van der Waals surface area contributed by atoms with Gasteiger partial charge in [0.2, 0.25) is 0 Å². The molecule has 0 aliphatic carbocycles. The maximum atomic E-state index is 12.4. The van der Waals surface area contributed by atoms with E-state index >= 15 is 0 Å². The number of rotatable bonds is 11. The smallest absolute Gasteiger partial charge is 0.178 e. The minimum Gasteiger partial charge on any atom is -0.377 e. The Bertz CT molecular complexity index is 730. The van der Waals surface area contributed by atoms with Gasteiger partial charge in [-0.1, -0.05) is 42.5 Å². The molecular formula is C20H27NO3S. The summed E-state index contributed by atoms with van der Waals surface area (Å²) in [5.41, 5.74) is 7.67. The SMILES string of the molecule is NCCCc1cccc(S(=O)(=O)CCCCOCc2ccccc2)c1. The van der Waals surface area contributed by atoms with E-state index in [1.807, 2.05) is 42.5 Å². The van der Waals surface area contributed by atoms with Crippen LogP contribution in [0.5, 0.6) is 0 Å². The molecule has 2 aromatic rings. The summed E-state index contributed by atoms with van der Waals surface area (Å²) in [7, 11) is -3.23. The number of hydrogen-bond acceptors (Lipinski definition) is 4. The van der Waals surface area contributed by atoms with Gasteiger partial charge in [0.1, 0.15) is 0 Å². The molecule has 0 saturated carbocycles. The van der Waals surface area contributed by atoms with Crippen LogP contribution in [0.1, 0.15) is 30.4 Å². The Morgan fingerprint density at radius 3 is 2.40 bits per heavy atom. The molecule has 2 N–H and O–H groups in total. The third-order valence-electron chi connectivity index (χ3n) is 3.99. The normalized spacial score (nSPS) is 11.6. The van der Waals surface area contributed by atoms with Crippen LogP contribution in [0, 0.1) is 0 Å². The number of aryl methyl sites for hydroxylation is 1. The first kappa shape index (κ1) is 19.6. The highest BCUT2D eigenvalue weighted by molar-refractivity contribution is 7.91. The molecule has 2 aromatic carbocycles. The van der Waals surface area contributed by atoms with E-state index < -0.39 is 9.84 Å². The average molecular weight is 362 g/mol. The minimum absolute atomic E-state index is 0.155. The van der Waals surface area contributed by atoms with E-state index in [1.165, 1.54) is 0 Å². The third-order valence-corrected chi connectivity index (χ3v) is 5.79. The highest BCUT2D eigenvalue weighted by Gasteiger charge is 2.14. The average Bonchev–Trinajstić information content (AvgIpc) is 2.64. The van der Waals surface area contributed by atoms with Crippen molar-refractivity contribution in [3.63, 3.8) is 0 Å². The molecule has 2 rings (SSSR count). The van der Waals surface area contributed by atoms with Gasteiger partial charge >= 0.3 is 0 Å². The topological polar surface area (TPSA) is 69.4 Å². The quantitative estimate of drug-likeness (QED) is 0.623. The maximum absolute atomic E-state index is 12.4. The van der Waals surface area contributed by atoms with Gasteiger partial charge in [0.25, 0.3) is 0 Å². The third kappa shape index (κ3) is 6.98. The summed E-state index contributed by atoms with van der Waals surface area (Å²) in [4.78, 5) is 0.409. The first-order valence-electron chi connectivity index (χ1n) is 8.75. The van der Waals surface area contributed by atoms with Gasteiger partial charge < -0.3 is 10.5 Å². The molecule has 0 aromatic heterocycles. The van der Waals surface area contributed by atoms with Gasteiger partial charge in [-0.15, -0.1) is 0 Å². The Morgan fingerprint density at radius 2 is 1.64 bits per heavy atom. The number of unbranched alkanes of at least 4 members (excludes halogenated alkanes) is 1. The van der Waals surface area contributed by atoms with Crippen molar-refractivity contribution in [2.45, 2.75) is 37.2 Å². The van der Waals surface area contributed by atoms with Crippen LogP contribution in [0.25, 0.3) is 0 Å². The van der Waals surface area contributed by atoms with Gasteiger partial charge in [-0.25, -0.2) is 8.42 Å². The summed E-state index contributed by atoms with van der Waals surface area (Å²) in [6.07, 6.45) is 3.01. The molecule has 0 saturated heterocycles. The second-order valence-corrected chi connectivity index (χ2v) is 8.21. The van der Waals surface area contributed by atoms with Crippen LogP contribution in [0.2, 0.25) is 0 Å². The monoisotopic (exact) mass is 361 g/mol. The largest absolute Gasteiger partial charge is 0.377 e. The van der Waals surface area contributed by atoms with Crippen LogP contribution < -0.4 is 5.73 Å². The summed E-state index contributed by atoms with van der Waals surface area (Å²) < 4.78 is 30.5. The van der Waals surface area contributed by atoms with Gasteiger partial charge in [0, 0.05) is 6.61 Å². The fourth-order valence-corrected chi connectivity index (χ4v) is 4.02. The fourth-order valence-electron chi connectivity index (χ4n) is 2.58. The molecule has 0 aliphatic rings. The lowest BCUT2D eigenvalue weighted by atomic mass is 10.1. The van der Waals surface area contributed by atoms with Gasteiger partial charge in [-0.2, -0.15) is 0 Å². The molecule has 5 heteroatoms. The fraction of sp³-hybridized carbons (Fsp3) is 0.400. The van der Waals surface area contributed by atoms with E-state index in [1.54, 1.807) is 12.1 Å². The van der Waals surface area contributed by atoms with Crippen LogP contribution in [-0.4, -0.2) is 27.3 Å². The Hall–Kier alpha value is -1.69. The highest BCUT2D eigenvalue weighted by Crippen LogP contribution is 2.16. The first-order valence-corrected chi connectivity index (χ1v) is 10.4. The van der Waals surface area contributed by atoms with E-state index in [4.69, 9.17) is 10.5 Å². The van der Waals surface area contributed by atoms with Gasteiger partial charge in [-0.3, -0.25) is 0 Å². The second kappa shape index (κ2) is 10.3. The summed E-state index contributed by atoms with van der Waals surface area (Å²) in [6.45, 7) is 1.75. The van der Waals surface area contributed by atoms with E-state index in [9.17, 15) is 8.42 Å². The number of sulfone groups is 1. The summed E-state index contributed by atoms with van der Waals surface area (Å²) in [5.74, 6) is 0.155. The minimum atomic E-state index is -3.23. The van der Waals surface area contributed by atoms with Crippen molar-refractivity contribution in [1.82, 2.24) is 0 Å². The van der Waals surface area contributed by atoms with Crippen LogP contribution in [-0.2, 0) is 27.6 Å². The molecule has 0 amide bonds. The Kier molecular flexibility index (Phi) is 8.12. The van der Waals surface area contributed by atoms with Crippen molar-refractivity contribution in [3.8, 4) is 0 Å². The standard InChI is InChI=1S/C20H27NO3S/c21-13-7-11-18-10-6-12-20(16-18)25(22,23)15-5-4-14-24-17-19-8-2-1-3-9-19/h1-3,6,8-10,12,16H,4-5,7,11,13-15,17,21H2. The molecule has 25 heavy (non-hydrogen) atoms. The van der Waals surface area contributed by atoms with Crippen molar-refractivity contribution in [2.75, 3.05) is 18.9 Å². The highest BCUT2D eigenvalue weighted by atomic mass is 32.2. The maximum Gasteiger partial charge on any atom is 0.178 e. The molecule has 0 atom stereocenters. The first-order chi connectivity index (χ1) is 12.1. The van der Waals surface area contributed by atoms with Crippen molar-refractivity contribution >= 4 is 9.84 Å². The lowest BCUT2D eigenvalue weighted by Crippen LogP contribution is -2.09. The van der Waals surface area contributed by atoms with Crippen molar-refractivity contribution in [2.24, 2.45) is 5.73 Å². The van der Waals surface area contributed by atoms with Crippen LogP contribution in [0.3, 0.4) is 0 Å². The van der Waals surface area contributed by atoms with Crippen molar-refractivity contribution < 1.29 is 13.2 Å². The number of hydrogen-bond donors (Lipinski definition) is 1. The predicted molar refractivity (Wildman–Crippen MR) is 101 cm³/mol. The van der Waals surface area contributed by atoms with E-state index in [0.29, 0.717) is 31.1 Å². The molecule has 0 bridgehead atoms. The van der Waals surface area contributed by atoms with Crippen LogP contribution in [0.4, 0.5) is 0 Å². The number of nitrogens with two attached hydrogens (primary N) is 1. The molecule has 0 unspecified atom stereocenters. The van der Waals surface area contributed by atoms with Gasteiger partial charge in [0.05, 0.1) is 17.3 Å². The summed E-state index contributed by atoms with van der Waals surface area (Å²) in [6, 6.07) is 17.2. The predicted octanol–water partition coefficient (Wildman–Crippen LogP) is 3.35. The summed E-state index contributed by atoms with van der Waals surface area (Å²) >= 11 is 0. The molecule has 0 fully saturated rings. The molecule has 0 heterocycles. The number of benzene rings is 2. The van der Waals surface area contributed by atoms with Gasteiger partial charge in [-0.05, 0) is 55.5 Å².